The van der Waals surface area contributed by atoms with E-state index in [9.17, 15) is 0 Å². The highest BCUT2D eigenvalue weighted by Crippen LogP contribution is 2.43. The molecule has 0 bridgehead atoms. The zero-order valence-electron chi connectivity index (χ0n) is 30.2. The van der Waals surface area contributed by atoms with Crippen LogP contribution in [0.5, 0.6) is 0 Å². The number of hydrogen-bond donors (Lipinski definition) is 0. The first kappa shape index (κ1) is 31.3. The van der Waals surface area contributed by atoms with Gasteiger partial charge in [0.05, 0.1) is 0 Å². The maximum atomic E-state index is 2.41. The van der Waals surface area contributed by atoms with E-state index < -0.39 is 0 Å². The lowest BCUT2D eigenvalue weighted by Crippen LogP contribution is -2.10. The lowest BCUT2D eigenvalue weighted by atomic mass is 9.87. The van der Waals surface area contributed by atoms with Crippen LogP contribution in [0.2, 0.25) is 0 Å². The lowest BCUT2D eigenvalue weighted by Gasteiger charge is -2.26. The molecule has 55 heavy (non-hydrogen) atoms. The van der Waals surface area contributed by atoms with E-state index in [0.29, 0.717) is 0 Å². The van der Waals surface area contributed by atoms with Gasteiger partial charge >= 0.3 is 0 Å². The highest BCUT2D eigenvalue weighted by molar-refractivity contribution is 6.26. The third kappa shape index (κ3) is 5.32. The topological polar surface area (TPSA) is 3.24 Å². The smallest absolute Gasteiger partial charge is 0.0468 e. The molecule has 0 saturated heterocycles. The summed E-state index contributed by atoms with van der Waals surface area (Å²) in [5.74, 6) is 0. The molecule has 0 aliphatic carbocycles. The summed E-state index contributed by atoms with van der Waals surface area (Å²) in [6, 6.07) is 77.9. The Morgan fingerprint density at radius 2 is 0.636 bits per heavy atom. The van der Waals surface area contributed by atoms with E-state index in [0.717, 1.165) is 17.1 Å². The van der Waals surface area contributed by atoms with E-state index >= 15 is 0 Å². The number of nitrogens with zero attached hydrogens (tertiary/aromatic N) is 1. The fourth-order valence-corrected chi connectivity index (χ4v) is 8.69. The van der Waals surface area contributed by atoms with Crippen LogP contribution in [0.15, 0.2) is 212 Å². The first-order valence-electron chi connectivity index (χ1n) is 19.0. The molecule has 0 N–H and O–H groups in total. The standard InChI is InChI=1S/C54H35N/c1-2-14-38(15-3-1)52-34-44-35-53(49-19-9-11-21-51(49)54(44)50-20-10-8-18-48(50)52)43-23-22-42-33-47(29-26-41(42)30-43)55(45-27-24-36-12-4-6-16-39(36)31-45)46-28-25-37-13-5-7-17-40(37)32-46/h1-35H. The molecule has 11 rings (SSSR count). The summed E-state index contributed by atoms with van der Waals surface area (Å²) < 4.78 is 0. The predicted molar refractivity (Wildman–Crippen MR) is 237 cm³/mol. The lowest BCUT2D eigenvalue weighted by molar-refractivity contribution is 1.30. The number of benzene rings is 11. The molecule has 1 heteroatoms. The van der Waals surface area contributed by atoms with Crippen LogP contribution in [0, 0.1) is 0 Å². The van der Waals surface area contributed by atoms with Crippen molar-refractivity contribution >= 4 is 81.7 Å². The average molecular weight is 698 g/mol. The maximum Gasteiger partial charge on any atom is 0.0468 e. The Bertz CT molecular complexity index is 3190. The summed E-state index contributed by atoms with van der Waals surface area (Å²) in [4.78, 5) is 2.39. The van der Waals surface area contributed by atoms with Crippen LogP contribution in [0.25, 0.3) is 86.9 Å². The molecule has 0 radical (unpaired) electrons. The summed E-state index contributed by atoms with van der Waals surface area (Å²) in [5.41, 5.74) is 8.36. The molecule has 0 aromatic heterocycles. The molecule has 11 aromatic carbocycles. The van der Waals surface area contributed by atoms with Crippen LogP contribution in [0.3, 0.4) is 0 Å². The number of anilines is 3. The molecule has 0 aliphatic heterocycles. The fraction of sp³-hybridized carbons (Fsp3) is 0. The molecule has 256 valence electrons. The minimum absolute atomic E-state index is 1.13. The van der Waals surface area contributed by atoms with E-state index in [2.05, 4.69) is 217 Å². The van der Waals surface area contributed by atoms with Crippen LogP contribution in [-0.2, 0) is 0 Å². The van der Waals surface area contributed by atoms with Crippen molar-refractivity contribution in [2.24, 2.45) is 0 Å². The molecule has 11 aromatic rings. The number of rotatable bonds is 5. The Morgan fingerprint density at radius 3 is 1.20 bits per heavy atom. The van der Waals surface area contributed by atoms with Crippen molar-refractivity contribution in [1.29, 1.82) is 0 Å². The Morgan fingerprint density at radius 1 is 0.236 bits per heavy atom. The van der Waals surface area contributed by atoms with Crippen LogP contribution in [-0.4, -0.2) is 0 Å². The molecule has 0 heterocycles. The Balaban J connectivity index is 1.07. The molecular weight excluding hydrogens is 663 g/mol. The third-order valence-electron chi connectivity index (χ3n) is 11.3. The Kier molecular flexibility index (Phi) is 7.25. The third-order valence-corrected chi connectivity index (χ3v) is 11.3. The van der Waals surface area contributed by atoms with Gasteiger partial charge in [0, 0.05) is 17.1 Å². The summed E-state index contributed by atoms with van der Waals surface area (Å²) >= 11 is 0. The van der Waals surface area contributed by atoms with Gasteiger partial charge in [-0.25, -0.2) is 0 Å². The summed E-state index contributed by atoms with van der Waals surface area (Å²) in [6.45, 7) is 0. The molecule has 0 unspecified atom stereocenters. The number of hydrogen-bond acceptors (Lipinski definition) is 1. The van der Waals surface area contributed by atoms with Crippen molar-refractivity contribution in [1.82, 2.24) is 0 Å². The minimum Gasteiger partial charge on any atom is -0.310 e. The average Bonchev–Trinajstić information content (AvgIpc) is 3.26. The van der Waals surface area contributed by atoms with Crippen LogP contribution >= 0.6 is 0 Å². The monoisotopic (exact) mass is 697 g/mol. The van der Waals surface area contributed by atoms with Crippen LogP contribution in [0.4, 0.5) is 17.1 Å². The Hall–Kier alpha value is -7.22. The highest BCUT2D eigenvalue weighted by atomic mass is 15.1. The fourth-order valence-electron chi connectivity index (χ4n) is 8.69. The summed E-state index contributed by atoms with van der Waals surface area (Å²) in [5, 5.41) is 15.0. The van der Waals surface area contributed by atoms with Crippen molar-refractivity contribution in [3.05, 3.63) is 212 Å². The van der Waals surface area contributed by atoms with Gasteiger partial charge in [0.25, 0.3) is 0 Å². The van der Waals surface area contributed by atoms with Gasteiger partial charge in [0.2, 0.25) is 0 Å². The van der Waals surface area contributed by atoms with Gasteiger partial charge in [-0.2, -0.15) is 0 Å². The van der Waals surface area contributed by atoms with Gasteiger partial charge in [0.15, 0.2) is 0 Å². The number of fused-ring (bicyclic) bond motifs is 8. The van der Waals surface area contributed by atoms with E-state index in [4.69, 9.17) is 0 Å². The molecule has 0 saturated carbocycles. The largest absolute Gasteiger partial charge is 0.310 e. The molecule has 0 fully saturated rings. The second kappa shape index (κ2) is 12.7. The summed E-state index contributed by atoms with van der Waals surface area (Å²) in [7, 11) is 0. The van der Waals surface area contributed by atoms with Crippen LogP contribution in [0.1, 0.15) is 0 Å². The molecule has 0 amide bonds. The van der Waals surface area contributed by atoms with Gasteiger partial charge in [-0.3, -0.25) is 0 Å². The van der Waals surface area contributed by atoms with Crippen molar-refractivity contribution in [2.45, 2.75) is 0 Å². The van der Waals surface area contributed by atoms with Gasteiger partial charge in [-0.1, -0.05) is 158 Å². The van der Waals surface area contributed by atoms with Gasteiger partial charge in [0.1, 0.15) is 0 Å². The van der Waals surface area contributed by atoms with Crippen molar-refractivity contribution in [2.75, 3.05) is 4.90 Å². The van der Waals surface area contributed by atoms with E-state index in [1.54, 1.807) is 0 Å². The Labute approximate surface area is 320 Å². The van der Waals surface area contributed by atoms with Gasteiger partial charge < -0.3 is 4.90 Å². The van der Waals surface area contributed by atoms with Crippen molar-refractivity contribution in [3.8, 4) is 22.3 Å². The first-order valence-corrected chi connectivity index (χ1v) is 19.0. The molecule has 0 aliphatic rings. The second-order valence-electron chi connectivity index (χ2n) is 14.5. The molecule has 0 atom stereocenters. The SMILES string of the molecule is c1ccc(-c2cc3cc(-c4ccc5cc(N(c6ccc7ccccc7c6)c6ccc7ccccc7c6)ccc5c4)c4ccccc4c3c3ccccc23)cc1. The predicted octanol–water partition coefficient (Wildman–Crippen LogP) is 15.4. The van der Waals surface area contributed by atoms with E-state index in [1.807, 2.05) is 0 Å². The van der Waals surface area contributed by atoms with Gasteiger partial charge in [-0.05, 0) is 141 Å². The minimum atomic E-state index is 1.13. The quantitative estimate of drug-likeness (QED) is 0.162. The van der Waals surface area contributed by atoms with Crippen molar-refractivity contribution in [3.63, 3.8) is 0 Å². The zero-order chi connectivity index (χ0) is 36.3. The normalized spacial score (nSPS) is 11.6. The molecular formula is C54H35N. The van der Waals surface area contributed by atoms with Crippen LogP contribution < -0.4 is 4.90 Å². The van der Waals surface area contributed by atoms with E-state index in [-0.39, 0.29) is 0 Å². The zero-order valence-corrected chi connectivity index (χ0v) is 30.2. The van der Waals surface area contributed by atoms with Gasteiger partial charge in [-0.15, -0.1) is 0 Å². The van der Waals surface area contributed by atoms with Crippen molar-refractivity contribution < 1.29 is 0 Å². The molecule has 0 spiro atoms. The second-order valence-corrected chi connectivity index (χ2v) is 14.5. The molecule has 1 nitrogen and oxygen atoms in total. The van der Waals surface area contributed by atoms with E-state index in [1.165, 1.54) is 86.9 Å². The summed E-state index contributed by atoms with van der Waals surface area (Å²) in [6.07, 6.45) is 0. The maximum absolute atomic E-state index is 2.41. The highest BCUT2D eigenvalue weighted by Gasteiger charge is 2.17. The first-order chi connectivity index (χ1) is 27.2.